The van der Waals surface area contributed by atoms with E-state index in [1.807, 2.05) is 33.0 Å². The van der Waals surface area contributed by atoms with E-state index in [2.05, 4.69) is 10.1 Å². The molecule has 3 heterocycles. The molecular formula is C14H18N4O2. The monoisotopic (exact) mass is 274 g/mol. The summed E-state index contributed by atoms with van der Waals surface area (Å²) in [5, 5.41) is 4.18. The third-order valence-electron chi connectivity index (χ3n) is 3.18. The molecule has 0 atom stereocenters. The van der Waals surface area contributed by atoms with Crippen molar-refractivity contribution < 1.29 is 9.53 Å². The number of nitrogens with zero attached hydrogens (tertiary/aromatic N) is 4. The van der Waals surface area contributed by atoms with E-state index in [0.717, 1.165) is 23.3 Å². The molecule has 2 aromatic rings. The molecule has 2 aromatic heterocycles. The Balaban J connectivity index is 1.82. The molecule has 0 radical (unpaired) electrons. The van der Waals surface area contributed by atoms with Crippen LogP contribution in [-0.4, -0.2) is 37.7 Å². The summed E-state index contributed by atoms with van der Waals surface area (Å²) in [5.74, 6) is 0. The molecule has 0 aromatic carbocycles. The molecule has 6 heteroatoms. The number of carbonyl (C=O) groups excluding carboxylic acids is 1. The summed E-state index contributed by atoms with van der Waals surface area (Å²) in [5.41, 5.74) is 2.44. The van der Waals surface area contributed by atoms with Crippen molar-refractivity contribution in [3.63, 3.8) is 0 Å². The zero-order valence-corrected chi connectivity index (χ0v) is 12.0. The maximum atomic E-state index is 12.1. The summed E-state index contributed by atoms with van der Waals surface area (Å²) in [6, 6.07) is 1.88. The van der Waals surface area contributed by atoms with Crippen LogP contribution in [0.25, 0.3) is 5.65 Å². The molecule has 20 heavy (non-hydrogen) atoms. The van der Waals surface area contributed by atoms with Gasteiger partial charge in [-0.2, -0.15) is 5.10 Å². The molecule has 1 amide bonds. The van der Waals surface area contributed by atoms with Gasteiger partial charge in [-0.15, -0.1) is 0 Å². The van der Waals surface area contributed by atoms with Crippen LogP contribution in [0.4, 0.5) is 4.79 Å². The van der Waals surface area contributed by atoms with Gasteiger partial charge in [0, 0.05) is 30.8 Å². The first-order valence-corrected chi connectivity index (χ1v) is 6.72. The van der Waals surface area contributed by atoms with Gasteiger partial charge in [-0.3, -0.25) is 0 Å². The van der Waals surface area contributed by atoms with E-state index in [1.54, 1.807) is 15.6 Å². The summed E-state index contributed by atoms with van der Waals surface area (Å²) in [6.07, 6.45) is 4.13. The van der Waals surface area contributed by atoms with Gasteiger partial charge in [0.05, 0.1) is 18.4 Å². The lowest BCUT2D eigenvalue weighted by atomic mass is 10.1. The Bertz CT molecular complexity index is 657. The second-order valence-electron chi connectivity index (χ2n) is 6.00. The van der Waals surface area contributed by atoms with E-state index in [9.17, 15) is 4.79 Å². The smallest absolute Gasteiger partial charge is 0.410 e. The lowest BCUT2D eigenvalue weighted by Crippen LogP contribution is -2.40. The lowest BCUT2D eigenvalue weighted by molar-refractivity contribution is 0.0222. The molecule has 0 spiro atoms. The fourth-order valence-electron chi connectivity index (χ4n) is 2.28. The summed E-state index contributed by atoms with van der Waals surface area (Å²) >= 11 is 0. The van der Waals surface area contributed by atoms with Gasteiger partial charge in [0.2, 0.25) is 0 Å². The van der Waals surface area contributed by atoms with Crippen LogP contribution in [0.5, 0.6) is 0 Å². The van der Waals surface area contributed by atoms with E-state index in [4.69, 9.17) is 4.74 Å². The quantitative estimate of drug-likeness (QED) is 0.737. The van der Waals surface area contributed by atoms with Crippen molar-refractivity contribution in [3.05, 3.63) is 29.7 Å². The molecule has 1 aliphatic rings. The minimum absolute atomic E-state index is 0.274. The van der Waals surface area contributed by atoms with Gasteiger partial charge >= 0.3 is 6.09 Å². The number of rotatable bonds is 0. The van der Waals surface area contributed by atoms with Gasteiger partial charge in [-0.1, -0.05) is 0 Å². The predicted octanol–water partition coefficient (Wildman–Crippen LogP) is 2.02. The Hall–Kier alpha value is -2.11. The van der Waals surface area contributed by atoms with Crippen molar-refractivity contribution in [3.8, 4) is 0 Å². The lowest BCUT2D eigenvalue weighted by Gasteiger charge is -2.30. The molecule has 0 fully saturated rings. The minimum Gasteiger partial charge on any atom is -0.444 e. The van der Waals surface area contributed by atoms with Crippen molar-refractivity contribution in [2.45, 2.75) is 39.3 Å². The molecule has 0 saturated heterocycles. The van der Waals surface area contributed by atoms with Crippen molar-refractivity contribution >= 4 is 11.7 Å². The van der Waals surface area contributed by atoms with Crippen LogP contribution in [0.2, 0.25) is 0 Å². The van der Waals surface area contributed by atoms with E-state index in [0.29, 0.717) is 13.1 Å². The third kappa shape index (κ3) is 2.45. The molecular weight excluding hydrogens is 256 g/mol. The zero-order valence-electron chi connectivity index (χ0n) is 12.0. The van der Waals surface area contributed by atoms with Crippen LogP contribution in [0.15, 0.2) is 18.5 Å². The highest BCUT2D eigenvalue weighted by molar-refractivity contribution is 5.68. The van der Waals surface area contributed by atoms with Crippen LogP contribution < -0.4 is 0 Å². The maximum absolute atomic E-state index is 12.1. The number of ether oxygens (including phenoxy) is 1. The average molecular weight is 274 g/mol. The summed E-state index contributed by atoms with van der Waals surface area (Å²) in [7, 11) is 0. The van der Waals surface area contributed by atoms with Gasteiger partial charge in [0.1, 0.15) is 5.60 Å². The molecule has 0 saturated carbocycles. The van der Waals surface area contributed by atoms with Gasteiger partial charge in [0.25, 0.3) is 0 Å². The Morgan fingerprint density at radius 1 is 1.40 bits per heavy atom. The Labute approximate surface area is 117 Å². The number of fused-ring (bicyclic) bond motifs is 2. The highest BCUT2D eigenvalue weighted by Gasteiger charge is 2.26. The molecule has 1 aliphatic heterocycles. The molecule has 6 nitrogen and oxygen atoms in total. The SMILES string of the molecule is CC(C)(C)OC(=O)N1CCc2nc3ccnn3cc2C1. The van der Waals surface area contributed by atoms with Crippen LogP contribution in [0.3, 0.4) is 0 Å². The van der Waals surface area contributed by atoms with E-state index in [1.165, 1.54) is 0 Å². The van der Waals surface area contributed by atoms with Crippen LogP contribution in [-0.2, 0) is 17.7 Å². The Morgan fingerprint density at radius 3 is 2.95 bits per heavy atom. The summed E-state index contributed by atoms with van der Waals surface area (Å²) < 4.78 is 7.14. The van der Waals surface area contributed by atoms with Crippen LogP contribution in [0, 0.1) is 0 Å². The standard InChI is InChI=1S/C14H18N4O2/c1-14(2,3)20-13(19)17-7-5-11-10(8-17)9-18-12(16-11)4-6-15-18/h4,6,9H,5,7-8H2,1-3H3. The topological polar surface area (TPSA) is 59.7 Å². The molecule has 0 N–H and O–H groups in total. The number of hydrogen-bond donors (Lipinski definition) is 0. The van der Waals surface area contributed by atoms with E-state index < -0.39 is 5.60 Å². The van der Waals surface area contributed by atoms with Crippen molar-refractivity contribution in [1.82, 2.24) is 19.5 Å². The van der Waals surface area contributed by atoms with E-state index in [-0.39, 0.29) is 6.09 Å². The first kappa shape index (κ1) is 12.9. The van der Waals surface area contributed by atoms with Crippen LogP contribution >= 0.6 is 0 Å². The van der Waals surface area contributed by atoms with E-state index >= 15 is 0 Å². The van der Waals surface area contributed by atoms with Gasteiger partial charge in [-0.25, -0.2) is 14.3 Å². The Morgan fingerprint density at radius 2 is 2.20 bits per heavy atom. The highest BCUT2D eigenvalue weighted by atomic mass is 16.6. The molecule has 106 valence electrons. The molecule has 3 rings (SSSR count). The number of hydrogen-bond acceptors (Lipinski definition) is 4. The molecule has 0 bridgehead atoms. The maximum Gasteiger partial charge on any atom is 0.410 e. The summed E-state index contributed by atoms with van der Waals surface area (Å²) in [6.45, 7) is 6.78. The first-order valence-electron chi connectivity index (χ1n) is 6.72. The number of amides is 1. The second-order valence-corrected chi connectivity index (χ2v) is 6.00. The fraction of sp³-hybridized carbons (Fsp3) is 0.500. The predicted molar refractivity (Wildman–Crippen MR) is 73.3 cm³/mol. The zero-order chi connectivity index (χ0) is 14.3. The van der Waals surface area contributed by atoms with Gasteiger partial charge in [0.15, 0.2) is 5.65 Å². The highest BCUT2D eigenvalue weighted by Crippen LogP contribution is 2.20. The third-order valence-corrected chi connectivity index (χ3v) is 3.18. The molecule has 0 aliphatic carbocycles. The average Bonchev–Trinajstić information content (AvgIpc) is 2.80. The minimum atomic E-state index is -0.471. The summed E-state index contributed by atoms with van der Waals surface area (Å²) in [4.78, 5) is 18.4. The first-order chi connectivity index (χ1) is 9.42. The number of carbonyl (C=O) groups is 1. The van der Waals surface area contributed by atoms with Gasteiger partial charge < -0.3 is 9.64 Å². The second kappa shape index (κ2) is 4.47. The molecule has 0 unspecified atom stereocenters. The van der Waals surface area contributed by atoms with Gasteiger partial charge in [-0.05, 0) is 20.8 Å². The number of aromatic nitrogens is 3. The fourth-order valence-corrected chi connectivity index (χ4v) is 2.28. The van der Waals surface area contributed by atoms with Crippen molar-refractivity contribution in [2.24, 2.45) is 0 Å². The van der Waals surface area contributed by atoms with Crippen molar-refractivity contribution in [2.75, 3.05) is 6.54 Å². The Kier molecular flexibility index (Phi) is 2.88. The van der Waals surface area contributed by atoms with Crippen LogP contribution in [0.1, 0.15) is 32.0 Å². The largest absolute Gasteiger partial charge is 0.444 e. The van der Waals surface area contributed by atoms with Crippen molar-refractivity contribution in [1.29, 1.82) is 0 Å². The normalized spacial score (nSPS) is 15.2.